The third-order valence-corrected chi connectivity index (χ3v) is 2.43. The first-order valence-corrected chi connectivity index (χ1v) is 4.43. The first-order valence-electron chi connectivity index (χ1n) is 4.43. The van der Waals surface area contributed by atoms with Gasteiger partial charge in [-0.05, 0) is 29.7 Å². The maximum Gasteiger partial charge on any atom is 0.0360 e. The highest BCUT2D eigenvalue weighted by molar-refractivity contribution is 5.17. The van der Waals surface area contributed by atoms with E-state index < -0.39 is 0 Å². The van der Waals surface area contributed by atoms with Crippen molar-refractivity contribution < 1.29 is 0 Å². The van der Waals surface area contributed by atoms with Crippen LogP contribution in [-0.2, 0) is 0 Å². The van der Waals surface area contributed by atoms with Gasteiger partial charge in [0.1, 0.15) is 0 Å². The minimum absolute atomic E-state index is 0.0273. The summed E-state index contributed by atoms with van der Waals surface area (Å²) in [5.74, 6) is 0. The summed E-state index contributed by atoms with van der Waals surface area (Å²) in [4.78, 5) is 3.95. The fourth-order valence-corrected chi connectivity index (χ4v) is 1.15. The van der Waals surface area contributed by atoms with Crippen LogP contribution < -0.4 is 11.5 Å². The van der Waals surface area contributed by atoms with Crippen LogP contribution in [0.5, 0.6) is 0 Å². The molecule has 4 N–H and O–H groups in total. The van der Waals surface area contributed by atoms with Crippen LogP contribution in [-0.4, -0.2) is 11.5 Å². The van der Waals surface area contributed by atoms with E-state index in [0.29, 0.717) is 6.54 Å². The Balaban J connectivity index is 2.85. The summed E-state index contributed by atoms with van der Waals surface area (Å²) < 4.78 is 0. The molecule has 0 amide bonds. The molecule has 1 aromatic rings. The highest BCUT2D eigenvalue weighted by atomic mass is 14.7. The molecule has 1 atom stereocenters. The molecule has 1 rings (SSSR count). The molecule has 72 valence electrons. The van der Waals surface area contributed by atoms with Crippen molar-refractivity contribution in [1.82, 2.24) is 4.98 Å². The van der Waals surface area contributed by atoms with Gasteiger partial charge in [0, 0.05) is 18.4 Å². The van der Waals surface area contributed by atoms with Gasteiger partial charge in [-0.1, -0.05) is 13.8 Å². The summed E-state index contributed by atoms with van der Waals surface area (Å²) in [6.07, 6.45) is 3.50. The van der Waals surface area contributed by atoms with Gasteiger partial charge in [0.15, 0.2) is 0 Å². The van der Waals surface area contributed by atoms with E-state index in [1.54, 1.807) is 12.4 Å². The number of nitrogens with zero attached hydrogens (tertiary/aromatic N) is 1. The third kappa shape index (κ3) is 2.26. The van der Waals surface area contributed by atoms with Crippen molar-refractivity contribution in [3.63, 3.8) is 0 Å². The van der Waals surface area contributed by atoms with Gasteiger partial charge in [-0.25, -0.2) is 0 Å². The van der Waals surface area contributed by atoms with Gasteiger partial charge in [0.2, 0.25) is 0 Å². The van der Waals surface area contributed by atoms with E-state index in [9.17, 15) is 0 Å². The Labute approximate surface area is 79.2 Å². The van der Waals surface area contributed by atoms with Crippen LogP contribution in [0.15, 0.2) is 24.5 Å². The lowest BCUT2D eigenvalue weighted by atomic mass is 9.81. The van der Waals surface area contributed by atoms with Gasteiger partial charge in [-0.3, -0.25) is 4.98 Å². The number of pyridine rings is 1. The van der Waals surface area contributed by atoms with Crippen molar-refractivity contribution in [1.29, 1.82) is 0 Å². The van der Waals surface area contributed by atoms with Crippen molar-refractivity contribution in [2.75, 3.05) is 6.54 Å². The molecule has 0 bridgehead atoms. The SMILES string of the molecule is CC(C)(CN)C(N)c1ccncc1. The molecule has 1 aromatic heterocycles. The van der Waals surface area contributed by atoms with Gasteiger partial charge >= 0.3 is 0 Å². The van der Waals surface area contributed by atoms with Crippen molar-refractivity contribution in [2.24, 2.45) is 16.9 Å². The van der Waals surface area contributed by atoms with Crippen molar-refractivity contribution >= 4 is 0 Å². The standard InChI is InChI=1S/C10H17N3/c1-10(2,7-11)9(12)8-3-5-13-6-4-8/h3-6,9H,7,11-12H2,1-2H3. The molecule has 0 saturated heterocycles. The summed E-state index contributed by atoms with van der Waals surface area (Å²) in [6, 6.07) is 3.84. The predicted molar refractivity (Wildman–Crippen MR) is 54.0 cm³/mol. The molecular weight excluding hydrogens is 162 g/mol. The number of hydrogen-bond acceptors (Lipinski definition) is 3. The van der Waals surface area contributed by atoms with Crippen molar-refractivity contribution in [3.05, 3.63) is 30.1 Å². The number of hydrogen-bond donors (Lipinski definition) is 2. The zero-order valence-corrected chi connectivity index (χ0v) is 8.20. The van der Waals surface area contributed by atoms with E-state index >= 15 is 0 Å². The molecular formula is C10H17N3. The van der Waals surface area contributed by atoms with Crippen LogP contribution in [0.25, 0.3) is 0 Å². The van der Waals surface area contributed by atoms with Crippen LogP contribution >= 0.6 is 0 Å². The topological polar surface area (TPSA) is 64.9 Å². The van der Waals surface area contributed by atoms with E-state index in [-0.39, 0.29) is 11.5 Å². The zero-order valence-electron chi connectivity index (χ0n) is 8.20. The van der Waals surface area contributed by atoms with E-state index in [0.717, 1.165) is 5.56 Å². The minimum atomic E-state index is -0.0681. The van der Waals surface area contributed by atoms with Gasteiger partial charge in [0.25, 0.3) is 0 Å². The van der Waals surface area contributed by atoms with Gasteiger partial charge < -0.3 is 11.5 Å². The van der Waals surface area contributed by atoms with E-state index in [1.165, 1.54) is 0 Å². The summed E-state index contributed by atoms with van der Waals surface area (Å²) in [5.41, 5.74) is 12.7. The van der Waals surface area contributed by atoms with Gasteiger partial charge in [-0.2, -0.15) is 0 Å². The average Bonchev–Trinajstić information content (AvgIpc) is 2.18. The molecule has 0 aromatic carbocycles. The van der Waals surface area contributed by atoms with E-state index in [2.05, 4.69) is 18.8 Å². The zero-order chi connectivity index (χ0) is 9.90. The first kappa shape index (κ1) is 10.2. The summed E-state index contributed by atoms with van der Waals surface area (Å²) in [7, 11) is 0. The Morgan fingerprint density at radius 1 is 1.38 bits per heavy atom. The predicted octanol–water partition coefficient (Wildman–Crippen LogP) is 1.07. The second-order valence-corrected chi connectivity index (χ2v) is 3.95. The molecule has 1 unspecified atom stereocenters. The number of aromatic nitrogens is 1. The Morgan fingerprint density at radius 2 is 1.92 bits per heavy atom. The van der Waals surface area contributed by atoms with Crippen molar-refractivity contribution in [2.45, 2.75) is 19.9 Å². The lowest BCUT2D eigenvalue weighted by molar-refractivity contribution is 0.301. The maximum atomic E-state index is 6.08. The lowest BCUT2D eigenvalue weighted by Crippen LogP contribution is -2.35. The largest absolute Gasteiger partial charge is 0.330 e. The molecule has 0 aliphatic carbocycles. The highest BCUT2D eigenvalue weighted by Gasteiger charge is 2.25. The second-order valence-electron chi connectivity index (χ2n) is 3.95. The molecule has 0 saturated carbocycles. The van der Waals surface area contributed by atoms with Crippen LogP contribution in [0, 0.1) is 5.41 Å². The van der Waals surface area contributed by atoms with Gasteiger partial charge in [-0.15, -0.1) is 0 Å². The minimum Gasteiger partial charge on any atom is -0.330 e. The summed E-state index contributed by atoms with van der Waals surface area (Å²) in [5, 5.41) is 0. The molecule has 0 aliphatic rings. The van der Waals surface area contributed by atoms with E-state index in [1.807, 2.05) is 12.1 Å². The summed E-state index contributed by atoms with van der Waals surface area (Å²) >= 11 is 0. The smallest absolute Gasteiger partial charge is 0.0360 e. The monoisotopic (exact) mass is 179 g/mol. The summed E-state index contributed by atoms with van der Waals surface area (Å²) in [6.45, 7) is 4.71. The third-order valence-electron chi connectivity index (χ3n) is 2.43. The molecule has 3 nitrogen and oxygen atoms in total. The maximum absolute atomic E-state index is 6.08. The molecule has 0 fully saturated rings. The quantitative estimate of drug-likeness (QED) is 0.729. The fourth-order valence-electron chi connectivity index (χ4n) is 1.15. The van der Waals surface area contributed by atoms with Crippen LogP contribution in [0.4, 0.5) is 0 Å². The average molecular weight is 179 g/mol. The van der Waals surface area contributed by atoms with Crippen LogP contribution in [0.1, 0.15) is 25.5 Å². The van der Waals surface area contributed by atoms with Crippen LogP contribution in [0.3, 0.4) is 0 Å². The first-order chi connectivity index (χ1) is 6.08. The fraction of sp³-hybridized carbons (Fsp3) is 0.500. The number of nitrogens with two attached hydrogens (primary N) is 2. The Hall–Kier alpha value is -0.930. The normalized spacial score (nSPS) is 14.2. The Bertz CT molecular complexity index is 256. The molecule has 13 heavy (non-hydrogen) atoms. The lowest BCUT2D eigenvalue weighted by Gasteiger charge is -2.30. The van der Waals surface area contributed by atoms with Gasteiger partial charge in [0.05, 0.1) is 0 Å². The second kappa shape index (κ2) is 3.85. The number of rotatable bonds is 3. The molecule has 3 heteroatoms. The van der Waals surface area contributed by atoms with E-state index in [4.69, 9.17) is 11.5 Å². The highest BCUT2D eigenvalue weighted by Crippen LogP contribution is 2.29. The molecule has 0 spiro atoms. The Kier molecular flexibility index (Phi) is 3.01. The van der Waals surface area contributed by atoms with Crippen LogP contribution in [0.2, 0.25) is 0 Å². The Morgan fingerprint density at radius 3 is 2.38 bits per heavy atom. The molecule has 0 aliphatic heterocycles. The molecule has 1 heterocycles. The van der Waals surface area contributed by atoms with Crippen molar-refractivity contribution in [3.8, 4) is 0 Å². The molecule has 0 radical (unpaired) electrons.